The zero-order valence-corrected chi connectivity index (χ0v) is 14.9. The molecule has 1 aromatic carbocycles. The Balaban J connectivity index is 1.64. The second-order valence-corrected chi connectivity index (χ2v) is 8.60. The number of carbonyl (C=O) groups is 1. The Hall–Kier alpha value is -1.77. The van der Waals surface area contributed by atoms with Crippen LogP contribution in [-0.4, -0.2) is 43.0 Å². The van der Waals surface area contributed by atoms with Gasteiger partial charge in [-0.1, -0.05) is 12.1 Å². The van der Waals surface area contributed by atoms with Gasteiger partial charge in [-0.2, -0.15) is 0 Å². The SMILES string of the molecule is CS(=O)(=O)N1CCCC(C(=O)Nc2ccc(-c3cscn3)cc2)C1. The maximum atomic E-state index is 12.4. The summed E-state index contributed by atoms with van der Waals surface area (Å²) in [4.78, 5) is 16.7. The van der Waals surface area contributed by atoms with Crippen LogP contribution >= 0.6 is 11.3 Å². The largest absolute Gasteiger partial charge is 0.326 e. The number of benzene rings is 1. The van der Waals surface area contributed by atoms with Crippen molar-refractivity contribution in [1.29, 1.82) is 0 Å². The normalized spacial score (nSPS) is 19.1. The molecule has 6 nitrogen and oxygen atoms in total. The summed E-state index contributed by atoms with van der Waals surface area (Å²) in [5, 5.41) is 4.85. The fraction of sp³-hybridized carbons (Fsp3) is 0.375. The van der Waals surface area contributed by atoms with Crippen LogP contribution in [-0.2, 0) is 14.8 Å². The Bertz CT molecular complexity index is 802. The van der Waals surface area contributed by atoms with Crippen LogP contribution in [0.5, 0.6) is 0 Å². The third kappa shape index (κ3) is 4.00. The molecule has 1 unspecified atom stereocenters. The van der Waals surface area contributed by atoms with E-state index in [1.807, 2.05) is 29.6 Å². The molecule has 8 heteroatoms. The molecule has 0 aliphatic carbocycles. The van der Waals surface area contributed by atoms with E-state index in [0.717, 1.165) is 11.3 Å². The number of piperidine rings is 1. The van der Waals surface area contributed by atoms with Gasteiger partial charge in [0.05, 0.1) is 23.4 Å². The van der Waals surface area contributed by atoms with Gasteiger partial charge >= 0.3 is 0 Å². The summed E-state index contributed by atoms with van der Waals surface area (Å²) in [5.74, 6) is -0.448. The van der Waals surface area contributed by atoms with Crippen molar-refractivity contribution < 1.29 is 13.2 Å². The molecular formula is C16H19N3O3S2. The van der Waals surface area contributed by atoms with Crippen LogP contribution in [0.4, 0.5) is 5.69 Å². The lowest BCUT2D eigenvalue weighted by atomic mass is 9.98. The maximum Gasteiger partial charge on any atom is 0.228 e. The zero-order valence-electron chi connectivity index (χ0n) is 13.3. The van der Waals surface area contributed by atoms with Crippen LogP contribution in [0.2, 0.25) is 0 Å². The number of anilines is 1. The van der Waals surface area contributed by atoms with Crippen LogP contribution in [0.3, 0.4) is 0 Å². The van der Waals surface area contributed by atoms with Gasteiger partial charge in [-0.25, -0.2) is 17.7 Å². The molecule has 2 aromatic rings. The summed E-state index contributed by atoms with van der Waals surface area (Å²) in [5.41, 5.74) is 4.39. The molecule has 1 aromatic heterocycles. The molecule has 1 fully saturated rings. The van der Waals surface area contributed by atoms with E-state index in [1.165, 1.54) is 21.9 Å². The molecule has 1 aliphatic rings. The Kier molecular flexibility index (Phi) is 4.98. The number of nitrogens with one attached hydrogen (secondary N) is 1. The highest BCUT2D eigenvalue weighted by molar-refractivity contribution is 7.88. The Morgan fingerprint density at radius 2 is 2.08 bits per heavy atom. The first-order valence-electron chi connectivity index (χ1n) is 7.68. The minimum Gasteiger partial charge on any atom is -0.326 e. The van der Waals surface area contributed by atoms with Gasteiger partial charge in [0.15, 0.2) is 0 Å². The summed E-state index contributed by atoms with van der Waals surface area (Å²) in [7, 11) is -3.25. The Morgan fingerprint density at radius 1 is 1.33 bits per heavy atom. The van der Waals surface area contributed by atoms with E-state index < -0.39 is 10.0 Å². The smallest absolute Gasteiger partial charge is 0.228 e. The van der Waals surface area contributed by atoms with E-state index in [-0.39, 0.29) is 18.4 Å². The lowest BCUT2D eigenvalue weighted by Crippen LogP contribution is -2.43. The Labute approximate surface area is 145 Å². The van der Waals surface area contributed by atoms with E-state index in [1.54, 1.807) is 5.51 Å². The van der Waals surface area contributed by atoms with Crippen molar-refractivity contribution in [2.24, 2.45) is 5.92 Å². The van der Waals surface area contributed by atoms with Gasteiger partial charge in [0.25, 0.3) is 0 Å². The van der Waals surface area contributed by atoms with Crippen molar-refractivity contribution in [2.45, 2.75) is 12.8 Å². The highest BCUT2D eigenvalue weighted by Crippen LogP contribution is 2.23. The second-order valence-electron chi connectivity index (χ2n) is 5.90. The van der Waals surface area contributed by atoms with Crippen LogP contribution in [0.15, 0.2) is 35.2 Å². The van der Waals surface area contributed by atoms with Gasteiger partial charge in [0, 0.05) is 29.7 Å². The monoisotopic (exact) mass is 365 g/mol. The molecule has 2 heterocycles. The zero-order chi connectivity index (χ0) is 17.2. The first-order chi connectivity index (χ1) is 11.4. The van der Waals surface area contributed by atoms with Crippen molar-refractivity contribution in [1.82, 2.24) is 9.29 Å². The summed E-state index contributed by atoms with van der Waals surface area (Å²) < 4.78 is 24.7. The molecule has 3 rings (SSSR count). The van der Waals surface area contributed by atoms with E-state index in [9.17, 15) is 13.2 Å². The van der Waals surface area contributed by atoms with Gasteiger partial charge in [-0.3, -0.25) is 4.79 Å². The summed E-state index contributed by atoms with van der Waals surface area (Å²) in [6.07, 6.45) is 2.59. The fourth-order valence-corrected chi connectivity index (χ4v) is 4.25. The van der Waals surface area contributed by atoms with E-state index in [0.29, 0.717) is 25.1 Å². The standard InChI is InChI=1S/C16H19N3O3S2/c1-24(21,22)19-8-2-3-13(9-19)16(20)18-14-6-4-12(5-7-14)15-10-23-11-17-15/h4-7,10-11,13H,2-3,8-9H2,1H3,(H,18,20). The van der Waals surface area contributed by atoms with Crippen molar-refractivity contribution >= 4 is 33.0 Å². The summed E-state index contributed by atoms with van der Waals surface area (Å²) in [6.45, 7) is 0.743. The molecule has 1 atom stereocenters. The molecule has 1 aliphatic heterocycles. The Morgan fingerprint density at radius 3 is 2.71 bits per heavy atom. The van der Waals surface area contributed by atoms with Gasteiger partial charge in [0.2, 0.25) is 15.9 Å². The third-order valence-electron chi connectivity index (χ3n) is 4.10. The number of carbonyl (C=O) groups excluding carboxylic acids is 1. The predicted octanol–water partition coefficient (Wildman–Crippen LogP) is 2.42. The highest BCUT2D eigenvalue weighted by atomic mass is 32.2. The van der Waals surface area contributed by atoms with Crippen molar-refractivity contribution in [3.8, 4) is 11.3 Å². The topological polar surface area (TPSA) is 79.4 Å². The van der Waals surface area contributed by atoms with Gasteiger partial charge < -0.3 is 5.32 Å². The van der Waals surface area contributed by atoms with Gasteiger partial charge in [-0.15, -0.1) is 11.3 Å². The van der Waals surface area contributed by atoms with E-state index in [4.69, 9.17) is 0 Å². The maximum absolute atomic E-state index is 12.4. The summed E-state index contributed by atoms with van der Waals surface area (Å²) >= 11 is 1.54. The molecule has 0 spiro atoms. The van der Waals surface area contributed by atoms with E-state index >= 15 is 0 Å². The minimum absolute atomic E-state index is 0.134. The molecule has 128 valence electrons. The minimum atomic E-state index is -3.25. The number of thiazole rings is 1. The highest BCUT2D eigenvalue weighted by Gasteiger charge is 2.30. The lowest BCUT2D eigenvalue weighted by molar-refractivity contribution is -0.120. The van der Waals surface area contributed by atoms with Crippen LogP contribution in [0.1, 0.15) is 12.8 Å². The van der Waals surface area contributed by atoms with Gasteiger partial charge in [0.1, 0.15) is 0 Å². The first-order valence-corrected chi connectivity index (χ1v) is 10.5. The number of hydrogen-bond donors (Lipinski definition) is 1. The number of amides is 1. The molecule has 1 saturated heterocycles. The number of aromatic nitrogens is 1. The van der Waals surface area contributed by atoms with Crippen LogP contribution in [0, 0.1) is 5.92 Å². The number of nitrogens with zero attached hydrogens (tertiary/aromatic N) is 2. The van der Waals surface area contributed by atoms with Crippen LogP contribution < -0.4 is 5.32 Å². The van der Waals surface area contributed by atoms with E-state index in [2.05, 4.69) is 10.3 Å². The number of hydrogen-bond acceptors (Lipinski definition) is 5. The quantitative estimate of drug-likeness (QED) is 0.902. The molecule has 1 N–H and O–H groups in total. The molecule has 1 amide bonds. The molecule has 0 bridgehead atoms. The lowest BCUT2D eigenvalue weighted by Gasteiger charge is -2.30. The number of sulfonamides is 1. The van der Waals surface area contributed by atoms with Crippen molar-refractivity contribution in [3.05, 3.63) is 35.2 Å². The molecule has 0 saturated carbocycles. The predicted molar refractivity (Wildman–Crippen MR) is 95.3 cm³/mol. The molecule has 0 radical (unpaired) electrons. The van der Waals surface area contributed by atoms with Gasteiger partial charge in [-0.05, 0) is 25.0 Å². The van der Waals surface area contributed by atoms with Crippen LogP contribution in [0.25, 0.3) is 11.3 Å². The molecule has 24 heavy (non-hydrogen) atoms. The second kappa shape index (κ2) is 7.00. The average molecular weight is 365 g/mol. The summed E-state index contributed by atoms with van der Waals surface area (Å²) in [6, 6.07) is 7.50. The first kappa shape index (κ1) is 17.1. The molecular weight excluding hydrogens is 346 g/mol. The fourth-order valence-electron chi connectivity index (χ4n) is 2.78. The third-order valence-corrected chi connectivity index (χ3v) is 5.96. The number of rotatable bonds is 4. The van der Waals surface area contributed by atoms with Crippen molar-refractivity contribution in [2.75, 3.05) is 24.7 Å². The van der Waals surface area contributed by atoms with Crippen molar-refractivity contribution in [3.63, 3.8) is 0 Å². The average Bonchev–Trinajstić information content (AvgIpc) is 3.09.